The van der Waals surface area contributed by atoms with Gasteiger partial charge in [-0.3, -0.25) is 0 Å². The van der Waals surface area contributed by atoms with Crippen molar-refractivity contribution in [1.82, 2.24) is 0 Å². The third-order valence-electron chi connectivity index (χ3n) is 13.1. The minimum Gasteiger partial charge on any atom is -0.461 e. The fourth-order valence-corrected chi connectivity index (χ4v) is 9.01. The zero-order chi connectivity index (χ0) is 59.9. The van der Waals surface area contributed by atoms with Crippen molar-refractivity contribution in [3.63, 3.8) is 0 Å². The number of hydrogen-bond donors (Lipinski definition) is 0. The van der Waals surface area contributed by atoms with E-state index in [1.54, 1.807) is 127 Å². The predicted molar refractivity (Wildman–Crippen MR) is 304 cm³/mol. The number of esters is 7. The van der Waals surface area contributed by atoms with Crippen LogP contribution in [0.1, 0.15) is 72.5 Å². The minimum absolute atomic E-state index is 0.0125. The maximum Gasteiger partial charge on any atom is 0.338 e. The Morgan fingerprint density at radius 2 is 0.576 bits per heavy atom. The van der Waals surface area contributed by atoms with Gasteiger partial charge in [-0.1, -0.05) is 169 Å². The van der Waals surface area contributed by atoms with Gasteiger partial charge >= 0.3 is 41.8 Å². The van der Waals surface area contributed by atoms with Gasteiger partial charge < -0.3 is 52.1 Å². The van der Waals surface area contributed by atoms with Crippen LogP contribution in [0.25, 0.3) is 0 Å². The molecule has 7 aromatic carbocycles. The van der Waals surface area contributed by atoms with E-state index >= 15 is 0 Å². The zero-order valence-electron chi connectivity index (χ0n) is 44.6. The van der Waals surface area contributed by atoms with E-state index in [-0.39, 0.29) is 38.9 Å². The summed E-state index contributed by atoms with van der Waals surface area (Å²) in [6, 6.07) is 53.8. The Kier molecular flexibility index (Phi) is 20.4. The SMILES string of the molecule is C=C(OC1OC(COC(=O)c2ccccc2)C(OC2OC(COC(=O)c3ccccc3)C(OC(=O)c3ccccc3)C(OC(=O)c3ccccc3)C2OC(=O)c2ccccc2)C(OC(=O)c2ccccc2)C1OC(=O)c1ccccc1)C(Cl)(Cl)Cl. The standard InChI is InChI=1S/C64H51Cl3O18/c1-39(64(65,66)67)77-62-53(83-60(73)45-33-19-7-20-34-45)52(82-59(72)44-31-17-6-18-32-44)50(48(78-62)38-76-56(69)41-25-11-3-12-26-41)85-63-54(84-61(74)46-35-21-8-22-36-46)51(81-58(71)43-29-15-5-16-30-43)49(80-57(70)42-27-13-4-14-28-42)47(79-63)37-75-55(68)40-23-9-2-10-24-40/h2-36,47-54,62-63H,1,37-38H2. The predicted octanol–water partition coefficient (Wildman–Crippen LogP) is 10.6. The first-order valence-electron chi connectivity index (χ1n) is 26.2. The number of ether oxygens (including phenoxy) is 11. The van der Waals surface area contributed by atoms with Crippen LogP contribution in [0.15, 0.2) is 225 Å². The van der Waals surface area contributed by atoms with Crippen LogP contribution in [0.4, 0.5) is 0 Å². The van der Waals surface area contributed by atoms with Gasteiger partial charge in [-0.25, -0.2) is 33.6 Å². The Bertz CT molecular complexity index is 3420. The van der Waals surface area contributed by atoms with Crippen LogP contribution in [0.3, 0.4) is 0 Å². The second-order valence-electron chi connectivity index (χ2n) is 18.8. The summed E-state index contributed by atoms with van der Waals surface area (Å²) >= 11 is 18.9. The largest absolute Gasteiger partial charge is 0.461 e. The number of allylic oxidation sites excluding steroid dienone is 1. The van der Waals surface area contributed by atoms with Gasteiger partial charge in [0.2, 0.25) is 16.2 Å². The minimum atomic E-state index is -2.37. The molecule has 0 saturated carbocycles. The summed E-state index contributed by atoms with van der Waals surface area (Å²) in [5, 5.41) is 0. The van der Waals surface area contributed by atoms with E-state index in [1.165, 1.54) is 84.9 Å². The van der Waals surface area contributed by atoms with Crippen molar-refractivity contribution >= 4 is 76.6 Å². The molecule has 0 bridgehead atoms. The number of benzene rings is 7. The summed E-state index contributed by atoms with van der Waals surface area (Å²) in [7, 11) is 0. The van der Waals surface area contributed by atoms with Gasteiger partial charge in [0, 0.05) is 0 Å². The molecule has 0 aromatic heterocycles. The van der Waals surface area contributed by atoms with Gasteiger partial charge in [0.25, 0.3) is 0 Å². The van der Waals surface area contributed by atoms with Crippen molar-refractivity contribution in [2.45, 2.75) is 65.2 Å². The molecule has 10 unspecified atom stereocenters. The van der Waals surface area contributed by atoms with E-state index in [4.69, 9.17) is 86.9 Å². The lowest BCUT2D eigenvalue weighted by Gasteiger charge is -2.49. The molecule has 2 heterocycles. The molecule has 2 fully saturated rings. The van der Waals surface area contributed by atoms with Crippen molar-refractivity contribution in [2.24, 2.45) is 0 Å². The van der Waals surface area contributed by atoms with E-state index in [9.17, 15) is 33.6 Å². The van der Waals surface area contributed by atoms with Crippen LogP contribution in [0, 0.1) is 0 Å². The molecule has 0 amide bonds. The molecule has 436 valence electrons. The van der Waals surface area contributed by atoms with E-state index in [0.717, 1.165) is 0 Å². The molecule has 85 heavy (non-hydrogen) atoms. The quantitative estimate of drug-likeness (QED) is 0.0300. The molecular formula is C64H51Cl3O18. The van der Waals surface area contributed by atoms with Crippen LogP contribution < -0.4 is 0 Å². The molecule has 0 aliphatic carbocycles. The molecule has 21 heteroatoms. The van der Waals surface area contributed by atoms with Gasteiger partial charge in [-0.2, -0.15) is 0 Å². The highest BCUT2D eigenvalue weighted by Crippen LogP contribution is 2.40. The van der Waals surface area contributed by atoms with E-state index in [1.807, 2.05) is 0 Å². The molecule has 0 radical (unpaired) electrons. The van der Waals surface area contributed by atoms with Crippen molar-refractivity contribution in [2.75, 3.05) is 13.2 Å². The van der Waals surface area contributed by atoms with Gasteiger partial charge in [-0.05, 0) is 84.9 Å². The van der Waals surface area contributed by atoms with Gasteiger partial charge in [0.05, 0.1) is 38.9 Å². The van der Waals surface area contributed by atoms with Gasteiger partial charge in [0.15, 0.2) is 30.7 Å². The lowest BCUT2D eigenvalue weighted by molar-refractivity contribution is -0.353. The topological polar surface area (TPSA) is 221 Å². The van der Waals surface area contributed by atoms with Crippen LogP contribution in [0.2, 0.25) is 0 Å². The monoisotopic (exact) mass is 1210 g/mol. The van der Waals surface area contributed by atoms with Gasteiger partial charge in [-0.15, -0.1) is 0 Å². The second kappa shape index (κ2) is 28.6. The summed E-state index contributed by atoms with van der Waals surface area (Å²) in [5.41, 5.74) is 0.121. The molecule has 2 aliphatic rings. The Morgan fingerprint density at radius 3 is 0.894 bits per heavy atom. The first-order valence-corrected chi connectivity index (χ1v) is 27.4. The second-order valence-corrected chi connectivity index (χ2v) is 21.1. The van der Waals surface area contributed by atoms with E-state index in [2.05, 4.69) is 6.58 Å². The summed E-state index contributed by atoms with van der Waals surface area (Å²) < 4.78 is 67.1. The molecule has 9 rings (SSSR count). The van der Waals surface area contributed by atoms with Crippen molar-refractivity contribution in [3.8, 4) is 0 Å². The Balaban J connectivity index is 1.22. The number of hydrogen-bond acceptors (Lipinski definition) is 18. The van der Waals surface area contributed by atoms with E-state index < -0.39 is 126 Å². The summed E-state index contributed by atoms with van der Waals surface area (Å²) in [4.78, 5) is 100. The summed E-state index contributed by atoms with van der Waals surface area (Å²) in [5.74, 6) is -7.49. The number of carbonyl (C=O) groups excluding carboxylic acids is 7. The number of halogens is 3. The molecule has 2 saturated heterocycles. The maximum atomic E-state index is 14.6. The van der Waals surface area contributed by atoms with Crippen LogP contribution in [-0.4, -0.2) is 120 Å². The number of alkyl halides is 3. The van der Waals surface area contributed by atoms with Crippen molar-refractivity contribution < 1.29 is 85.7 Å². The molecule has 18 nitrogen and oxygen atoms in total. The average molecular weight is 1210 g/mol. The lowest BCUT2D eigenvalue weighted by atomic mass is 9.95. The highest BCUT2D eigenvalue weighted by atomic mass is 35.6. The van der Waals surface area contributed by atoms with Crippen molar-refractivity contribution in [1.29, 1.82) is 0 Å². The zero-order valence-corrected chi connectivity index (χ0v) is 46.9. The summed E-state index contributed by atoms with van der Waals surface area (Å²) in [6.07, 6.45) is -19.3. The fourth-order valence-electron chi connectivity index (χ4n) is 8.88. The Labute approximate surface area is 501 Å². The first-order chi connectivity index (χ1) is 41.1. The Morgan fingerprint density at radius 1 is 0.329 bits per heavy atom. The number of carbonyl (C=O) groups is 7. The van der Waals surface area contributed by atoms with Crippen molar-refractivity contribution in [3.05, 3.63) is 264 Å². The van der Waals surface area contributed by atoms with Crippen LogP contribution in [-0.2, 0) is 52.1 Å². The Hall–Kier alpha value is -8.88. The lowest BCUT2D eigenvalue weighted by Crippen LogP contribution is -2.67. The normalized spacial score (nSPS) is 21.8. The molecule has 7 aromatic rings. The molecular weight excluding hydrogens is 1160 g/mol. The first kappa shape index (κ1) is 60.7. The third-order valence-corrected chi connectivity index (χ3v) is 13.7. The summed E-state index contributed by atoms with van der Waals surface area (Å²) in [6.45, 7) is 2.17. The van der Waals surface area contributed by atoms with Gasteiger partial charge in [0.1, 0.15) is 37.3 Å². The highest BCUT2D eigenvalue weighted by molar-refractivity contribution is 6.69. The molecule has 2 aliphatic heterocycles. The van der Waals surface area contributed by atoms with E-state index in [0.29, 0.717) is 0 Å². The van der Waals surface area contributed by atoms with Crippen LogP contribution in [0.5, 0.6) is 0 Å². The molecule has 0 spiro atoms. The molecule has 0 N–H and O–H groups in total. The maximum absolute atomic E-state index is 14.6. The fraction of sp³-hybridized carbons (Fsp3) is 0.203. The molecule has 10 atom stereocenters. The average Bonchev–Trinajstić information content (AvgIpc) is 1.60. The third kappa shape index (κ3) is 15.9. The van der Waals surface area contributed by atoms with Crippen LogP contribution >= 0.6 is 34.8 Å². The highest BCUT2D eigenvalue weighted by Gasteiger charge is 2.59. The number of rotatable bonds is 20. The smallest absolute Gasteiger partial charge is 0.338 e.